The minimum atomic E-state index is -0.476. The van der Waals surface area contributed by atoms with Crippen molar-refractivity contribution in [2.24, 2.45) is 0 Å². The molecule has 0 aliphatic carbocycles. The van der Waals surface area contributed by atoms with E-state index in [9.17, 15) is 5.11 Å². The summed E-state index contributed by atoms with van der Waals surface area (Å²) in [4.78, 5) is 0. The predicted octanol–water partition coefficient (Wildman–Crippen LogP) is 19.6. The minimum absolute atomic E-state index is 0.305. The molecule has 7 nitrogen and oxygen atoms in total. The van der Waals surface area contributed by atoms with E-state index in [1.54, 1.807) is 6.07 Å². The highest BCUT2D eigenvalue weighted by molar-refractivity contribution is 7.27. The average molecular weight is 1160 g/mol. The number of hydrogen-bond donors (Lipinski definition) is 1. The molecule has 1 N–H and O–H groups in total. The minimum Gasteiger partial charge on any atom is -0.508 e. The molecule has 14 aromatic rings. The van der Waals surface area contributed by atoms with Gasteiger partial charge in [-0.1, -0.05) is 158 Å². The zero-order valence-electron chi connectivity index (χ0n) is 50.8. The first-order valence-electron chi connectivity index (χ1n) is 30.0. The van der Waals surface area contributed by atoms with Crippen LogP contribution in [-0.2, 0) is 27.9 Å². The van der Waals surface area contributed by atoms with E-state index in [0.717, 1.165) is 10.8 Å². The topological polar surface area (TPSA) is 75.6 Å². The molecule has 17 rings (SSSR count). The summed E-state index contributed by atoms with van der Waals surface area (Å²) in [6.45, 7) is 24.7. The van der Waals surface area contributed by atoms with Crippen LogP contribution in [0.5, 0.6) is 5.75 Å². The lowest BCUT2D eigenvalue weighted by Crippen LogP contribution is -2.41. The van der Waals surface area contributed by atoms with Gasteiger partial charge in [0.1, 0.15) is 5.75 Å². The Hall–Kier alpha value is -7.09. The van der Waals surface area contributed by atoms with Crippen LogP contribution in [0, 0.1) is 0 Å². The second kappa shape index (κ2) is 19.5. The monoisotopic (exact) mass is 1160 g/mol. The summed E-state index contributed by atoms with van der Waals surface area (Å²) in [6.07, 6.45) is 0. The third kappa shape index (κ3) is 8.39. The summed E-state index contributed by atoms with van der Waals surface area (Å²) in [6, 6.07) is 65.2. The van der Waals surface area contributed by atoms with Crippen LogP contribution >= 0.6 is 22.7 Å². The Morgan fingerprint density at radius 2 is 0.570 bits per heavy atom. The molecule has 12 aromatic carbocycles. The summed E-state index contributed by atoms with van der Waals surface area (Å²) < 4.78 is 42.1. The Labute approximate surface area is 510 Å². The van der Waals surface area contributed by atoms with Crippen LogP contribution in [0.2, 0.25) is 0 Å². The zero-order valence-corrected chi connectivity index (χ0v) is 52.4. The molecular formula is C74H67B3O7S2. The van der Waals surface area contributed by atoms with E-state index >= 15 is 0 Å². The van der Waals surface area contributed by atoms with Crippen molar-refractivity contribution in [1.82, 2.24) is 0 Å². The highest BCUT2D eigenvalue weighted by atomic mass is 32.1. The van der Waals surface area contributed by atoms with E-state index in [4.69, 9.17) is 27.9 Å². The van der Waals surface area contributed by atoms with Crippen LogP contribution < -0.4 is 5.46 Å². The first-order valence-corrected chi connectivity index (χ1v) is 31.6. The van der Waals surface area contributed by atoms with Crippen molar-refractivity contribution >= 4 is 176 Å². The van der Waals surface area contributed by atoms with Gasteiger partial charge in [-0.05, 0) is 188 Å². The number of rotatable bonds is 2. The van der Waals surface area contributed by atoms with Gasteiger partial charge in [-0.3, -0.25) is 0 Å². The van der Waals surface area contributed by atoms with E-state index in [-0.39, 0.29) is 40.7 Å². The van der Waals surface area contributed by atoms with Crippen LogP contribution in [0.25, 0.3) is 127 Å². The summed E-state index contributed by atoms with van der Waals surface area (Å²) in [5.41, 5.74) is -1.12. The van der Waals surface area contributed by atoms with Crippen molar-refractivity contribution in [2.75, 3.05) is 0 Å². The smallest absolute Gasteiger partial charge is 0.494 e. The van der Waals surface area contributed by atoms with Gasteiger partial charge in [0.05, 0.1) is 33.6 Å². The highest BCUT2D eigenvalue weighted by Crippen LogP contribution is 2.52. The van der Waals surface area contributed by atoms with Gasteiger partial charge >= 0.3 is 21.1 Å². The SMILES string of the molecule is CC1(C)OB(B2OC(C)(C)C(C)(C)O2)OC1(C)C.CC1(C)OB(c2ccc3c(c2)c2ccccc2c2c4sc5ccccc5c4c4ccccc4c32)OC1(C)C.Oc1ccc2c(c1)c1ccccc1c1c3sc4ccccc4c3c3ccccc3c21. The largest absolute Gasteiger partial charge is 0.508 e. The first kappa shape index (κ1) is 55.5. The van der Waals surface area contributed by atoms with Gasteiger partial charge in [0.25, 0.3) is 0 Å². The third-order valence-electron chi connectivity index (χ3n) is 19.9. The number of thiophene rings is 2. The molecule has 0 saturated carbocycles. The molecule has 0 atom stereocenters. The molecule has 0 bridgehead atoms. The second-order valence-corrected chi connectivity index (χ2v) is 28.8. The first-order chi connectivity index (χ1) is 41.0. The Bertz CT molecular complexity index is 5080. The van der Waals surface area contributed by atoms with Crippen LogP contribution in [0.15, 0.2) is 182 Å². The number of phenolic OH excluding ortho intramolecular Hbond substituents is 1. The second-order valence-electron chi connectivity index (χ2n) is 26.7. The number of benzene rings is 12. The van der Waals surface area contributed by atoms with E-state index in [0.29, 0.717) is 5.75 Å². The molecule has 0 unspecified atom stereocenters. The van der Waals surface area contributed by atoms with Crippen molar-refractivity contribution in [3.05, 3.63) is 182 Å². The van der Waals surface area contributed by atoms with Crippen molar-refractivity contribution < 1.29 is 33.0 Å². The lowest BCUT2D eigenvalue weighted by Gasteiger charge is -2.32. The lowest BCUT2D eigenvalue weighted by atomic mass is 9.49. The maximum absolute atomic E-state index is 10.2. The fraction of sp³-hybridized carbons (Fsp3) is 0.243. The molecule has 426 valence electrons. The van der Waals surface area contributed by atoms with E-state index in [2.05, 4.69) is 198 Å². The standard InChI is InChI=1S/C34H27BO2S.C28H16OS.C12H24B2O4/c1-33(2)34(3,4)37-35(36-33)20-17-18-25-27(19-20)21-11-5-6-12-22(21)31-29(25)23-13-7-8-14-24(23)30-26-15-9-10-16-28(26)38-32(30)31;29-16-13-14-21-23(15-16)17-7-1-2-8-18(17)27-25(21)19-9-3-4-10-20(19)26-22-11-5-6-12-24(22)30-28(26)27;1-9(2)10(3,4)16-13(15-9)14-17-11(5,6)12(7,8)18-14/h5-19H,1-4H3;1-15,29H;1-8H3. The Balaban J connectivity index is 0.000000116. The number of fused-ring (bicyclic) bond motifs is 26. The number of hydrogen-bond acceptors (Lipinski definition) is 9. The molecule has 3 fully saturated rings. The van der Waals surface area contributed by atoms with Gasteiger partial charge in [0.15, 0.2) is 0 Å². The molecule has 0 radical (unpaired) electrons. The van der Waals surface area contributed by atoms with Gasteiger partial charge in [-0.15, -0.1) is 22.7 Å². The predicted molar refractivity (Wildman–Crippen MR) is 368 cm³/mol. The summed E-state index contributed by atoms with van der Waals surface area (Å²) in [7, 11) is -1.34. The van der Waals surface area contributed by atoms with Gasteiger partial charge in [-0.25, -0.2) is 0 Å². The highest BCUT2D eigenvalue weighted by Gasteiger charge is 2.64. The Kier molecular flexibility index (Phi) is 12.6. The van der Waals surface area contributed by atoms with Gasteiger partial charge in [0, 0.05) is 51.1 Å². The molecule has 86 heavy (non-hydrogen) atoms. The van der Waals surface area contributed by atoms with Gasteiger partial charge < -0.3 is 33.0 Å². The quantitative estimate of drug-likeness (QED) is 0.137. The third-order valence-corrected chi connectivity index (χ3v) is 22.3. The van der Waals surface area contributed by atoms with Gasteiger partial charge in [0.2, 0.25) is 0 Å². The summed E-state index contributed by atoms with van der Waals surface area (Å²) >= 11 is 3.80. The number of aromatic hydroxyl groups is 1. The normalized spacial score (nSPS) is 18.5. The van der Waals surface area contributed by atoms with Crippen LogP contribution in [-0.4, -0.2) is 59.8 Å². The molecule has 5 heterocycles. The van der Waals surface area contributed by atoms with Crippen molar-refractivity contribution in [3.8, 4) is 5.75 Å². The lowest BCUT2D eigenvalue weighted by molar-refractivity contribution is 0.00578. The van der Waals surface area contributed by atoms with Crippen LogP contribution in [0.4, 0.5) is 0 Å². The van der Waals surface area contributed by atoms with Crippen molar-refractivity contribution in [3.63, 3.8) is 0 Å². The van der Waals surface area contributed by atoms with Crippen molar-refractivity contribution in [2.45, 2.75) is 117 Å². The molecule has 0 spiro atoms. The molecule has 2 aromatic heterocycles. The van der Waals surface area contributed by atoms with E-state index < -0.39 is 14.0 Å². The fourth-order valence-corrected chi connectivity index (χ4v) is 15.9. The zero-order chi connectivity index (χ0) is 59.6. The van der Waals surface area contributed by atoms with E-state index in [1.165, 1.54) is 121 Å². The maximum Gasteiger partial charge on any atom is 0.494 e. The van der Waals surface area contributed by atoms with Crippen LogP contribution in [0.3, 0.4) is 0 Å². The Morgan fingerprint density at radius 1 is 0.279 bits per heavy atom. The number of phenols is 1. The Morgan fingerprint density at radius 3 is 0.965 bits per heavy atom. The van der Waals surface area contributed by atoms with Crippen molar-refractivity contribution in [1.29, 1.82) is 0 Å². The molecular weight excluding hydrogens is 1100 g/mol. The van der Waals surface area contributed by atoms with Gasteiger partial charge in [-0.2, -0.15) is 0 Å². The molecule has 3 saturated heterocycles. The maximum atomic E-state index is 10.2. The van der Waals surface area contributed by atoms with Crippen LogP contribution in [0.1, 0.15) is 83.1 Å². The molecule has 0 amide bonds. The van der Waals surface area contributed by atoms with E-state index in [1.807, 2.05) is 84.1 Å². The fourth-order valence-electron chi connectivity index (χ4n) is 13.4. The molecule has 12 heteroatoms. The molecule has 3 aliphatic rings. The summed E-state index contributed by atoms with van der Waals surface area (Å²) in [5.74, 6) is 0.305. The summed E-state index contributed by atoms with van der Waals surface area (Å²) in [5, 5.41) is 35.9. The average Bonchev–Trinajstić information content (AvgIpc) is 1.55. The molecule has 3 aliphatic heterocycles.